The number of nitrogens with zero attached hydrogens (tertiary/aromatic N) is 4. The minimum atomic E-state index is 0.440. The van der Waals surface area contributed by atoms with E-state index in [1.54, 1.807) is 30.1 Å². The molecule has 0 fully saturated rings. The molecule has 4 rings (SSSR count). The predicted molar refractivity (Wildman–Crippen MR) is 94.7 cm³/mol. The molecule has 0 radical (unpaired) electrons. The molecule has 0 saturated heterocycles. The normalized spacial score (nSPS) is 10.8. The standard InChI is InChI=1S/C18H13ClN4O2/c1-24-14-6-8-15(9-7-14)25-18-16-10-22-23(17(16)20-11-21-18)13-4-2-12(19)3-5-13/h2-11H,1H3. The number of methoxy groups -OCH3 is 1. The molecule has 2 aromatic heterocycles. The van der Waals surface area contributed by atoms with Crippen molar-refractivity contribution < 1.29 is 9.47 Å². The lowest BCUT2D eigenvalue weighted by Crippen LogP contribution is -1.98. The number of aromatic nitrogens is 4. The van der Waals surface area contributed by atoms with Crippen LogP contribution in [-0.4, -0.2) is 26.9 Å². The van der Waals surface area contributed by atoms with Crippen molar-refractivity contribution >= 4 is 22.6 Å². The first-order chi connectivity index (χ1) is 12.2. The van der Waals surface area contributed by atoms with Gasteiger partial charge in [0.2, 0.25) is 5.88 Å². The summed E-state index contributed by atoms with van der Waals surface area (Å²) in [4.78, 5) is 8.55. The second kappa shape index (κ2) is 6.41. The molecular formula is C18H13ClN4O2. The number of hydrogen-bond donors (Lipinski definition) is 0. The Labute approximate surface area is 148 Å². The number of benzene rings is 2. The van der Waals surface area contributed by atoms with E-state index in [4.69, 9.17) is 21.1 Å². The van der Waals surface area contributed by atoms with Crippen molar-refractivity contribution in [3.63, 3.8) is 0 Å². The van der Waals surface area contributed by atoms with Gasteiger partial charge in [-0.05, 0) is 48.5 Å². The van der Waals surface area contributed by atoms with Crippen LogP contribution >= 0.6 is 11.6 Å². The maximum Gasteiger partial charge on any atom is 0.233 e. The molecule has 0 aliphatic carbocycles. The van der Waals surface area contributed by atoms with Gasteiger partial charge in [0.25, 0.3) is 0 Å². The molecule has 4 aromatic rings. The number of halogens is 1. The Morgan fingerprint density at radius 2 is 1.64 bits per heavy atom. The summed E-state index contributed by atoms with van der Waals surface area (Å²) in [6, 6.07) is 14.6. The van der Waals surface area contributed by atoms with Crippen LogP contribution in [0.15, 0.2) is 61.1 Å². The average molecular weight is 353 g/mol. The first-order valence-electron chi connectivity index (χ1n) is 7.51. The van der Waals surface area contributed by atoms with Crippen molar-refractivity contribution in [3.8, 4) is 23.1 Å². The van der Waals surface area contributed by atoms with Crippen molar-refractivity contribution in [1.29, 1.82) is 0 Å². The molecule has 0 saturated carbocycles. The Morgan fingerprint density at radius 3 is 2.36 bits per heavy atom. The second-order valence-corrected chi connectivity index (χ2v) is 5.66. The van der Waals surface area contributed by atoms with Gasteiger partial charge in [-0.2, -0.15) is 5.10 Å². The molecule has 25 heavy (non-hydrogen) atoms. The van der Waals surface area contributed by atoms with E-state index in [2.05, 4.69) is 15.1 Å². The summed E-state index contributed by atoms with van der Waals surface area (Å²) < 4.78 is 12.7. The highest BCUT2D eigenvalue weighted by atomic mass is 35.5. The van der Waals surface area contributed by atoms with E-state index in [0.29, 0.717) is 27.7 Å². The van der Waals surface area contributed by atoms with Crippen molar-refractivity contribution in [3.05, 3.63) is 66.1 Å². The van der Waals surface area contributed by atoms with Crippen LogP contribution < -0.4 is 9.47 Å². The smallest absolute Gasteiger partial charge is 0.233 e. The van der Waals surface area contributed by atoms with Gasteiger partial charge in [-0.15, -0.1) is 0 Å². The van der Waals surface area contributed by atoms with Crippen molar-refractivity contribution in [2.45, 2.75) is 0 Å². The molecule has 2 aromatic carbocycles. The zero-order chi connectivity index (χ0) is 17.2. The van der Waals surface area contributed by atoms with Gasteiger partial charge in [0, 0.05) is 5.02 Å². The van der Waals surface area contributed by atoms with Crippen LogP contribution in [0.4, 0.5) is 0 Å². The summed E-state index contributed by atoms with van der Waals surface area (Å²) in [6.07, 6.45) is 3.14. The SMILES string of the molecule is COc1ccc(Oc2ncnc3c2cnn3-c2ccc(Cl)cc2)cc1. The summed E-state index contributed by atoms with van der Waals surface area (Å²) >= 11 is 5.94. The second-order valence-electron chi connectivity index (χ2n) is 5.23. The third kappa shape index (κ3) is 2.99. The molecule has 6 nitrogen and oxygen atoms in total. The molecule has 0 aliphatic heterocycles. The monoisotopic (exact) mass is 352 g/mol. The van der Waals surface area contributed by atoms with Gasteiger partial charge in [0.15, 0.2) is 5.65 Å². The van der Waals surface area contributed by atoms with Crippen LogP contribution in [0.3, 0.4) is 0 Å². The summed E-state index contributed by atoms with van der Waals surface area (Å²) in [7, 11) is 1.62. The van der Waals surface area contributed by atoms with Crippen molar-refractivity contribution in [1.82, 2.24) is 19.7 Å². The topological polar surface area (TPSA) is 62.1 Å². The zero-order valence-corrected chi connectivity index (χ0v) is 14.0. The lowest BCUT2D eigenvalue weighted by Gasteiger charge is -2.07. The number of rotatable bonds is 4. The minimum Gasteiger partial charge on any atom is -0.497 e. The van der Waals surface area contributed by atoms with Crippen LogP contribution in [0.5, 0.6) is 17.4 Å². The fraction of sp³-hybridized carbons (Fsp3) is 0.0556. The van der Waals surface area contributed by atoms with Gasteiger partial charge in [-0.3, -0.25) is 0 Å². The molecule has 0 atom stereocenters. The van der Waals surface area contributed by atoms with Crippen LogP contribution in [0.25, 0.3) is 16.7 Å². The van der Waals surface area contributed by atoms with Crippen LogP contribution in [-0.2, 0) is 0 Å². The average Bonchev–Trinajstić information content (AvgIpc) is 3.08. The van der Waals surface area contributed by atoms with E-state index in [1.807, 2.05) is 36.4 Å². The molecule has 0 N–H and O–H groups in total. The van der Waals surface area contributed by atoms with E-state index < -0.39 is 0 Å². The van der Waals surface area contributed by atoms with Gasteiger partial charge >= 0.3 is 0 Å². The maximum atomic E-state index is 5.94. The van der Waals surface area contributed by atoms with E-state index >= 15 is 0 Å². The fourth-order valence-corrected chi connectivity index (χ4v) is 2.56. The van der Waals surface area contributed by atoms with E-state index in [1.165, 1.54) is 6.33 Å². The molecule has 7 heteroatoms. The maximum absolute atomic E-state index is 5.94. The van der Waals surface area contributed by atoms with Gasteiger partial charge in [0.05, 0.1) is 19.0 Å². The first kappa shape index (κ1) is 15.4. The Hall–Kier alpha value is -3.12. The summed E-state index contributed by atoms with van der Waals surface area (Å²) in [5.41, 5.74) is 1.51. The molecule has 0 amide bonds. The molecule has 0 unspecified atom stereocenters. The van der Waals surface area contributed by atoms with Gasteiger partial charge in [-0.25, -0.2) is 14.6 Å². The van der Waals surface area contributed by atoms with Gasteiger partial charge < -0.3 is 9.47 Å². The first-order valence-corrected chi connectivity index (χ1v) is 7.89. The van der Waals surface area contributed by atoms with E-state index in [0.717, 1.165) is 11.4 Å². The third-order valence-electron chi connectivity index (χ3n) is 3.67. The number of ether oxygens (including phenoxy) is 2. The zero-order valence-electron chi connectivity index (χ0n) is 13.3. The third-order valence-corrected chi connectivity index (χ3v) is 3.93. The van der Waals surface area contributed by atoms with Crippen molar-refractivity contribution in [2.24, 2.45) is 0 Å². The quantitative estimate of drug-likeness (QED) is 0.549. The molecule has 0 spiro atoms. The van der Waals surface area contributed by atoms with Gasteiger partial charge in [-0.1, -0.05) is 11.6 Å². The Bertz CT molecular complexity index is 1010. The molecule has 0 aliphatic rings. The van der Waals surface area contributed by atoms with E-state index in [9.17, 15) is 0 Å². The highest BCUT2D eigenvalue weighted by Crippen LogP contribution is 2.28. The Balaban J connectivity index is 1.72. The van der Waals surface area contributed by atoms with Crippen molar-refractivity contribution in [2.75, 3.05) is 7.11 Å². The van der Waals surface area contributed by atoms with E-state index in [-0.39, 0.29) is 0 Å². The number of hydrogen-bond acceptors (Lipinski definition) is 5. The fourth-order valence-electron chi connectivity index (χ4n) is 2.43. The van der Waals surface area contributed by atoms with Crippen LogP contribution in [0, 0.1) is 0 Å². The highest BCUT2D eigenvalue weighted by Gasteiger charge is 2.13. The largest absolute Gasteiger partial charge is 0.497 e. The molecule has 124 valence electrons. The Kier molecular flexibility index (Phi) is 3.95. The molecule has 0 bridgehead atoms. The summed E-state index contributed by atoms with van der Waals surface area (Å²) in [6.45, 7) is 0. The summed E-state index contributed by atoms with van der Waals surface area (Å²) in [5.74, 6) is 1.85. The lowest BCUT2D eigenvalue weighted by molar-refractivity contribution is 0.412. The van der Waals surface area contributed by atoms with Crippen LogP contribution in [0.1, 0.15) is 0 Å². The predicted octanol–water partition coefficient (Wildman–Crippen LogP) is 4.27. The number of fused-ring (bicyclic) bond motifs is 1. The molecule has 2 heterocycles. The Morgan fingerprint density at radius 1 is 0.920 bits per heavy atom. The highest BCUT2D eigenvalue weighted by molar-refractivity contribution is 6.30. The van der Waals surface area contributed by atoms with Crippen LogP contribution in [0.2, 0.25) is 5.02 Å². The molecular weight excluding hydrogens is 340 g/mol. The minimum absolute atomic E-state index is 0.440. The summed E-state index contributed by atoms with van der Waals surface area (Å²) in [5, 5.41) is 5.78. The van der Waals surface area contributed by atoms with Gasteiger partial charge in [0.1, 0.15) is 23.2 Å². The lowest BCUT2D eigenvalue weighted by atomic mass is 10.3.